The van der Waals surface area contributed by atoms with Crippen LogP contribution < -0.4 is 14.8 Å². The molecule has 0 aliphatic carbocycles. The second kappa shape index (κ2) is 9.67. The van der Waals surface area contributed by atoms with E-state index in [9.17, 15) is 0 Å². The molecule has 0 aliphatic heterocycles. The number of methoxy groups -OCH3 is 2. The molecule has 1 N–H and O–H groups in total. The van der Waals surface area contributed by atoms with Gasteiger partial charge in [-0.3, -0.25) is 0 Å². The van der Waals surface area contributed by atoms with E-state index in [4.69, 9.17) is 9.47 Å². The van der Waals surface area contributed by atoms with Crippen molar-refractivity contribution in [1.82, 2.24) is 5.32 Å². The molecule has 0 aliphatic rings. The van der Waals surface area contributed by atoms with Crippen LogP contribution in [0.5, 0.6) is 11.5 Å². The van der Waals surface area contributed by atoms with Crippen LogP contribution in [0.1, 0.15) is 58.1 Å². The lowest BCUT2D eigenvalue weighted by Crippen LogP contribution is -2.26. The van der Waals surface area contributed by atoms with Gasteiger partial charge in [-0.1, -0.05) is 33.1 Å². The van der Waals surface area contributed by atoms with Crippen LogP contribution in [-0.4, -0.2) is 20.8 Å². The molecular weight excluding hydrogens is 262 g/mol. The molecular formula is C18H31NO2. The quantitative estimate of drug-likeness (QED) is 0.685. The molecule has 1 aromatic rings. The maximum absolute atomic E-state index is 5.47. The largest absolute Gasteiger partial charge is 0.497 e. The topological polar surface area (TPSA) is 30.5 Å². The highest BCUT2D eigenvalue weighted by molar-refractivity contribution is 5.42. The third-order valence-electron chi connectivity index (χ3n) is 4.16. The molecule has 2 atom stereocenters. The second-order valence-electron chi connectivity index (χ2n) is 5.65. The summed E-state index contributed by atoms with van der Waals surface area (Å²) in [6, 6.07) is 6.22. The minimum atomic E-state index is 0.255. The lowest BCUT2D eigenvalue weighted by atomic mass is 9.98. The first-order chi connectivity index (χ1) is 10.2. The molecule has 0 aromatic heterocycles. The summed E-state index contributed by atoms with van der Waals surface area (Å²) >= 11 is 0. The van der Waals surface area contributed by atoms with Crippen molar-refractivity contribution in [2.75, 3.05) is 20.8 Å². The Kier molecular flexibility index (Phi) is 8.21. The van der Waals surface area contributed by atoms with Gasteiger partial charge in [-0.15, -0.1) is 0 Å². The first-order valence-electron chi connectivity index (χ1n) is 8.11. The van der Waals surface area contributed by atoms with Crippen molar-refractivity contribution in [3.05, 3.63) is 23.8 Å². The summed E-state index contributed by atoms with van der Waals surface area (Å²) < 4.78 is 10.8. The van der Waals surface area contributed by atoms with Gasteiger partial charge in [0.25, 0.3) is 0 Å². The Morgan fingerprint density at radius 1 is 1.14 bits per heavy atom. The van der Waals surface area contributed by atoms with Gasteiger partial charge in [-0.2, -0.15) is 0 Å². The van der Waals surface area contributed by atoms with E-state index in [1.807, 2.05) is 12.1 Å². The molecule has 21 heavy (non-hydrogen) atoms. The normalized spacial score (nSPS) is 13.8. The molecule has 3 heteroatoms. The van der Waals surface area contributed by atoms with Crippen molar-refractivity contribution in [3.63, 3.8) is 0 Å². The molecule has 0 radical (unpaired) electrons. The van der Waals surface area contributed by atoms with Crippen molar-refractivity contribution in [2.24, 2.45) is 5.92 Å². The standard InChI is InChI=1S/C18H31NO2/c1-6-8-9-15(7-2)13-19-14(3)17-12-16(20-4)10-11-18(17)21-5/h10-12,14-15,19H,6-9,13H2,1-5H3. The van der Waals surface area contributed by atoms with Gasteiger partial charge < -0.3 is 14.8 Å². The smallest absolute Gasteiger partial charge is 0.123 e. The van der Waals surface area contributed by atoms with Crippen molar-refractivity contribution < 1.29 is 9.47 Å². The minimum Gasteiger partial charge on any atom is -0.497 e. The minimum absolute atomic E-state index is 0.255. The zero-order valence-corrected chi connectivity index (χ0v) is 14.2. The molecule has 0 bridgehead atoms. The fourth-order valence-corrected chi connectivity index (χ4v) is 2.57. The van der Waals surface area contributed by atoms with Crippen molar-refractivity contribution in [3.8, 4) is 11.5 Å². The van der Waals surface area contributed by atoms with Crippen LogP contribution in [0.15, 0.2) is 18.2 Å². The lowest BCUT2D eigenvalue weighted by Gasteiger charge is -2.22. The number of nitrogens with one attached hydrogen (secondary N) is 1. The lowest BCUT2D eigenvalue weighted by molar-refractivity contribution is 0.376. The van der Waals surface area contributed by atoms with E-state index in [-0.39, 0.29) is 6.04 Å². The van der Waals surface area contributed by atoms with E-state index >= 15 is 0 Å². The van der Waals surface area contributed by atoms with Gasteiger partial charge in [-0.25, -0.2) is 0 Å². The highest BCUT2D eigenvalue weighted by Crippen LogP contribution is 2.29. The fraction of sp³-hybridized carbons (Fsp3) is 0.667. The summed E-state index contributed by atoms with van der Waals surface area (Å²) in [5.41, 5.74) is 1.15. The SMILES string of the molecule is CCCCC(CC)CNC(C)c1cc(OC)ccc1OC. The number of benzene rings is 1. The Bertz CT molecular complexity index is 406. The number of rotatable bonds is 10. The van der Waals surface area contributed by atoms with Crippen molar-refractivity contribution in [2.45, 2.75) is 52.5 Å². The van der Waals surface area contributed by atoms with Crippen molar-refractivity contribution >= 4 is 0 Å². The zero-order valence-electron chi connectivity index (χ0n) is 14.2. The average molecular weight is 293 g/mol. The highest BCUT2D eigenvalue weighted by Gasteiger charge is 2.14. The summed E-state index contributed by atoms with van der Waals surface area (Å²) in [5, 5.41) is 3.65. The van der Waals surface area contributed by atoms with Gasteiger partial charge in [-0.05, 0) is 44.0 Å². The summed E-state index contributed by atoms with van der Waals surface area (Å²) in [7, 11) is 3.41. The molecule has 0 saturated heterocycles. The molecule has 120 valence electrons. The Balaban J connectivity index is 2.67. The molecule has 1 aromatic carbocycles. The Morgan fingerprint density at radius 3 is 2.48 bits per heavy atom. The average Bonchev–Trinajstić information content (AvgIpc) is 2.54. The van der Waals surface area contributed by atoms with Gasteiger partial charge in [0.2, 0.25) is 0 Å². The molecule has 0 amide bonds. The Morgan fingerprint density at radius 2 is 1.90 bits per heavy atom. The molecule has 2 unspecified atom stereocenters. The van der Waals surface area contributed by atoms with Gasteiger partial charge in [0.05, 0.1) is 14.2 Å². The van der Waals surface area contributed by atoms with Crippen LogP contribution in [-0.2, 0) is 0 Å². The van der Waals surface area contributed by atoms with Gasteiger partial charge in [0.15, 0.2) is 0 Å². The fourth-order valence-electron chi connectivity index (χ4n) is 2.57. The molecule has 3 nitrogen and oxygen atoms in total. The first-order valence-corrected chi connectivity index (χ1v) is 8.11. The van der Waals surface area contributed by atoms with E-state index in [1.54, 1.807) is 14.2 Å². The number of ether oxygens (including phenoxy) is 2. The molecule has 0 saturated carbocycles. The molecule has 1 rings (SSSR count). The molecule has 0 heterocycles. The maximum atomic E-state index is 5.47. The Hall–Kier alpha value is -1.22. The van der Waals surface area contributed by atoms with Gasteiger partial charge in [0, 0.05) is 11.6 Å². The van der Waals surface area contributed by atoms with Crippen LogP contribution in [0, 0.1) is 5.92 Å². The van der Waals surface area contributed by atoms with E-state index in [2.05, 4.69) is 32.2 Å². The zero-order chi connectivity index (χ0) is 15.7. The van der Waals surface area contributed by atoms with Crippen LogP contribution in [0.3, 0.4) is 0 Å². The predicted molar refractivity (Wildman–Crippen MR) is 89.3 cm³/mol. The summed E-state index contributed by atoms with van der Waals surface area (Å²) in [6.07, 6.45) is 5.13. The summed E-state index contributed by atoms with van der Waals surface area (Å²) in [6.45, 7) is 7.77. The van der Waals surface area contributed by atoms with E-state index in [0.29, 0.717) is 0 Å². The van der Waals surface area contributed by atoms with E-state index < -0.39 is 0 Å². The van der Waals surface area contributed by atoms with E-state index in [1.165, 1.54) is 25.7 Å². The number of hydrogen-bond donors (Lipinski definition) is 1. The predicted octanol–water partition coefficient (Wildman–Crippen LogP) is 4.57. The highest BCUT2D eigenvalue weighted by atomic mass is 16.5. The van der Waals surface area contributed by atoms with E-state index in [0.717, 1.165) is 29.5 Å². The van der Waals surface area contributed by atoms with Crippen LogP contribution in [0.4, 0.5) is 0 Å². The summed E-state index contributed by atoms with van der Waals surface area (Å²) in [5.74, 6) is 2.54. The van der Waals surface area contributed by atoms with Crippen LogP contribution in [0.2, 0.25) is 0 Å². The Labute approximate surface area is 130 Å². The molecule has 0 fully saturated rings. The summed E-state index contributed by atoms with van der Waals surface area (Å²) in [4.78, 5) is 0. The van der Waals surface area contributed by atoms with Crippen LogP contribution >= 0.6 is 0 Å². The second-order valence-corrected chi connectivity index (χ2v) is 5.65. The molecule has 0 spiro atoms. The first kappa shape index (κ1) is 17.8. The third-order valence-corrected chi connectivity index (χ3v) is 4.16. The monoisotopic (exact) mass is 293 g/mol. The van der Waals surface area contributed by atoms with Crippen molar-refractivity contribution in [1.29, 1.82) is 0 Å². The maximum Gasteiger partial charge on any atom is 0.123 e. The number of hydrogen-bond acceptors (Lipinski definition) is 3. The third kappa shape index (κ3) is 5.58. The number of unbranched alkanes of at least 4 members (excludes halogenated alkanes) is 1. The van der Waals surface area contributed by atoms with Gasteiger partial charge >= 0.3 is 0 Å². The van der Waals surface area contributed by atoms with Gasteiger partial charge in [0.1, 0.15) is 11.5 Å². The van der Waals surface area contributed by atoms with Crippen LogP contribution in [0.25, 0.3) is 0 Å².